The van der Waals surface area contributed by atoms with E-state index in [1.165, 1.54) is 6.42 Å². The number of carbonyl (C=O) groups is 1. The maximum absolute atomic E-state index is 12.4. The molecule has 1 saturated heterocycles. The SMILES string of the molecule is CC(C#N)N1CCN(C(=O)C2CC3CC3C2)CC1. The molecule has 1 amide bonds. The average Bonchev–Trinajstić information content (AvgIpc) is 3.03. The summed E-state index contributed by atoms with van der Waals surface area (Å²) in [5, 5.41) is 8.90. The molecule has 2 aliphatic carbocycles. The van der Waals surface area contributed by atoms with Crippen molar-refractivity contribution in [1.29, 1.82) is 5.26 Å². The smallest absolute Gasteiger partial charge is 0.225 e. The Morgan fingerprint density at radius 2 is 1.78 bits per heavy atom. The van der Waals surface area contributed by atoms with E-state index in [1.54, 1.807) is 0 Å². The lowest BCUT2D eigenvalue weighted by atomic mass is 10.0. The van der Waals surface area contributed by atoms with E-state index in [-0.39, 0.29) is 6.04 Å². The standard InChI is InChI=1S/C14H21N3O/c1-10(9-15)16-2-4-17(5-3-16)14(18)13-7-11-6-12(11)8-13/h10-13H,2-8H2,1H3. The summed E-state index contributed by atoms with van der Waals surface area (Å²) in [6, 6.07) is 2.24. The molecule has 4 nitrogen and oxygen atoms in total. The van der Waals surface area contributed by atoms with Gasteiger partial charge in [0.05, 0.1) is 12.1 Å². The van der Waals surface area contributed by atoms with E-state index in [4.69, 9.17) is 5.26 Å². The highest BCUT2D eigenvalue weighted by molar-refractivity contribution is 5.79. The Bertz CT molecular complexity index is 371. The first-order valence-electron chi connectivity index (χ1n) is 7.11. The number of carbonyl (C=O) groups excluding carboxylic acids is 1. The number of amides is 1. The first-order chi connectivity index (χ1) is 8.69. The van der Waals surface area contributed by atoms with Crippen LogP contribution < -0.4 is 0 Å². The minimum absolute atomic E-state index is 0.0265. The Balaban J connectivity index is 1.50. The third-order valence-corrected chi connectivity index (χ3v) is 4.95. The first-order valence-corrected chi connectivity index (χ1v) is 7.11. The third kappa shape index (κ3) is 2.12. The normalized spacial score (nSPS) is 36.9. The van der Waals surface area contributed by atoms with Gasteiger partial charge in [0.25, 0.3) is 0 Å². The number of piperazine rings is 1. The van der Waals surface area contributed by atoms with Gasteiger partial charge in [-0.3, -0.25) is 9.69 Å². The molecule has 3 unspecified atom stereocenters. The molecule has 0 aromatic heterocycles. The summed E-state index contributed by atoms with van der Waals surface area (Å²) < 4.78 is 0. The summed E-state index contributed by atoms with van der Waals surface area (Å²) in [4.78, 5) is 16.5. The van der Waals surface area contributed by atoms with Crippen LogP contribution in [0.3, 0.4) is 0 Å². The van der Waals surface area contributed by atoms with Crippen LogP contribution in [0.2, 0.25) is 0 Å². The van der Waals surface area contributed by atoms with E-state index < -0.39 is 0 Å². The highest BCUT2D eigenvalue weighted by Gasteiger charge is 2.48. The Morgan fingerprint density at radius 3 is 2.33 bits per heavy atom. The Hall–Kier alpha value is -1.08. The second-order valence-electron chi connectivity index (χ2n) is 6.09. The van der Waals surface area contributed by atoms with E-state index in [1.807, 2.05) is 11.8 Å². The summed E-state index contributed by atoms with van der Waals surface area (Å²) in [5.41, 5.74) is 0. The van der Waals surface area contributed by atoms with Gasteiger partial charge in [-0.2, -0.15) is 5.26 Å². The number of rotatable bonds is 2. The van der Waals surface area contributed by atoms with Crippen LogP contribution in [-0.2, 0) is 4.79 Å². The lowest BCUT2D eigenvalue weighted by molar-refractivity contribution is -0.137. The summed E-state index contributed by atoms with van der Waals surface area (Å²) in [7, 11) is 0. The molecule has 0 spiro atoms. The van der Waals surface area contributed by atoms with Crippen molar-refractivity contribution >= 4 is 5.91 Å². The third-order valence-electron chi connectivity index (χ3n) is 4.95. The van der Waals surface area contributed by atoms with E-state index in [2.05, 4.69) is 11.0 Å². The fraction of sp³-hybridized carbons (Fsp3) is 0.857. The Morgan fingerprint density at radius 1 is 1.17 bits per heavy atom. The number of fused-ring (bicyclic) bond motifs is 1. The zero-order chi connectivity index (χ0) is 12.7. The molecule has 98 valence electrons. The highest BCUT2D eigenvalue weighted by Crippen LogP contribution is 2.54. The second kappa shape index (κ2) is 4.55. The summed E-state index contributed by atoms with van der Waals surface area (Å²) in [6.07, 6.45) is 3.65. The molecule has 3 fully saturated rings. The lowest BCUT2D eigenvalue weighted by Gasteiger charge is -2.37. The van der Waals surface area contributed by atoms with E-state index in [9.17, 15) is 4.79 Å². The fourth-order valence-electron chi connectivity index (χ4n) is 3.59. The van der Waals surface area contributed by atoms with Gasteiger partial charge in [-0.15, -0.1) is 0 Å². The molecule has 3 rings (SSSR count). The van der Waals surface area contributed by atoms with Crippen LogP contribution in [0.4, 0.5) is 0 Å². The van der Waals surface area contributed by atoms with Crippen LogP contribution in [0.15, 0.2) is 0 Å². The lowest BCUT2D eigenvalue weighted by Crippen LogP contribution is -2.52. The van der Waals surface area contributed by atoms with Crippen molar-refractivity contribution in [2.24, 2.45) is 17.8 Å². The molecule has 0 N–H and O–H groups in total. The summed E-state index contributed by atoms with van der Waals surface area (Å²) >= 11 is 0. The Labute approximate surface area is 109 Å². The van der Waals surface area contributed by atoms with Gasteiger partial charge in [0.1, 0.15) is 0 Å². The average molecular weight is 247 g/mol. The molecule has 3 atom stereocenters. The molecule has 2 saturated carbocycles. The van der Waals surface area contributed by atoms with Gasteiger partial charge in [-0.1, -0.05) is 0 Å². The second-order valence-corrected chi connectivity index (χ2v) is 6.09. The van der Waals surface area contributed by atoms with Crippen LogP contribution in [0.1, 0.15) is 26.2 Å². The van der Waals surface area contributed by atoms with Gasteiger partial charge in [0, 0.05) is 32.1 Å². The van der Waals surface area contributed by atoms with Gasteiger partial charge in [0.15, 0.2) is 0 Å². The van der Waals surface area contributed by atoms with Crippen molar-refractivity contribution in [3.8, 4) is 6.07 Å². The molecule has 4 heteroatoms. The molecule has 1 heterocycles. The predicted octanol–water partition coefficient (Wildman–Crippen LogP) is 1.09. The van der Waals surface area contributed by atoms with Crippen LogP contribution in [0.25, 0.3) is 0 Å². The number of hydrogen-bond acceptors (Lipinski definition) is 3. The summed E-state index contributed by atoms with van der Waals surface area (Å²) in [5.74, 6) is 2.44. The van der Waals surface area contributed by atoms with Crippen LogP contribution in [0.5, 0.6) is 0 Å². The molecular formula is C14H21N3O. The van der Waals surface area contributed by atoms with Crippen molar-refractivity contribution < 1.29 is 4.79 Å². The molecular weight excluding hydrogens is 226 g/mol. The van der Waals surface area contributed by atoms with Crippen LogP contribution >= 0.6 is 0 Å². The van der Waals surface area contributed by atoms with Gasteiger partial charge in [-0.25, -0.2) is 0 Å². The minimum Gasteiger partial charge on any atom is -0.340 e. The van der Waals surface area contributed by atoms with E-state index >= 15 is 0 Å². The number of hydrogen-bond donors (Lipinski definition) is 0. The first kappa shape index (κ1) is 12.0. The number of nitrogens with zero attached hydrogens (tertiary/aromatic N) is 3. The molecule has 3 aliphatic rings. The van der Waals surface area contributed by atoms with Gasteiger partial charge in [0.2, 0.25) is 5.91 Å². The van der Waals surface area contributed by atoms with Crippen molar-refractivity contribution in [3.63, 3.8) is 0 Å². The number of nitriles is 1. The van der Waals surface area contributed by atoms with Crippen molar-refractivity contribution in [3.05, 3.63) is 0 Å². The van der Waals surface area contributed by atoms with Gasteiger partial charge < -0.3 is 4.90 Å². The largest absolute Gasteiger partial charge is 0.340 e. The zero-order valence-corrected chi connectivity index (χ0v) is 11.0. The van der Waals surface area contributed by atoms with Gasteiger partial charge in [-0.05, 0) is 38.0 Å². The highest BCUT2D eigenvalue weighted by atomic mass is 16.2. The quantitative estimate of drug-likeness (QED) is 0.734. The summed E-state index contributed by atoms with van der Waals surface area (Å²) in [6.45, 7) is 5.23. The molecule has 0 radical (unpaired) electrons. The van der Waals surface area contributed by atoms with Gasteiger partial charge >= 0.3 is 0 Å². The van der Waals surface area contributed by atoms with Crippen molar-refractivity contribution in [2.75, 3.05) is 26.2 Å². The van der Waals surface area contributed by atoms with Crippen molar-refractivity contribution in [2.45, 2.75) is 32.2 Å². The minimum atomic E-state index is -0.0265. The van der Waals surface area contributed by atoms with E-state index in [0.29, 0.717) is 11.8 Å². The molecule has 0 bridgehead atoms. The molecule has 0 aromatic rings. The topological polar surface area (TPSA) is 47.3 Å². The van der Waals surface area contributed by atoms with Crippen LogP contribution in [0, 0.1) is 29.1 Å². The van der Waals surface area contributed by atoms with Crippen molar-refractivity contribution in [1.82, 2.24) is 9.80 Å². The monoisotopic (exact) mass is 247 g/mol. The molecule has 1 aliphatic heterocycles. The zero-order valence-electron chi connectivity index (χ0n) is 11.0. The fourth-order valence-corrected chi connectivity index (χ4v) is 3.59. The van der Waals surface area contributed by atoms with E-state index in [0.717, 1.165) is 50.9 Å². The predicted molar refractivity (Wildman–Crippen MR) is 67.5 cm³/mol. The maximum Gasteiger partial charge on any atom is 0.225 e. The maximum atomic E-state index is 12.4. The van der Waals surface area contributed by atoms with Crippen LogP contribution in [-0.4, -0.2) is 47.9 Å². The molecule has 0 aromatic carbocycles. The Kier molecular flexibility index (Phi) is 3.03. The molecule has 18 heavy (non-hydrogen) atoms.